The Kier molecular flexibility index (Phi) is 3.93. The van der Waals surface area contributed by atoms with Gasteiger partial charge >= 0.3 is 0 Å². The van der Waals surface area contributed by atoms with Crippen LogP contribution in [0.5, 0.6) is 0 Å². The molecule has 0 saturated carbocycles. The van der Waals surface area contributed by atoms with E-state index < -0.39 is 29.4 Å². The molecule has 0 spiro atoms. The molecule has 1 aliphatic rings. The third-order valence-electron chi connectivity index (χ3n) is 3.45. The van der Waals surface area contributed by atoms with Crippen molar-refractivity contribution < 1.29 is 18.4 Å². The second-order valence-corrected chi connectivity index (χ2v) is 4.78. The van der Waals surface area contributed by atoms with Gasteiger partial charge in [0, 0.05) is 24.3 Å². The lowest BCUT2D eigenvalue weighted by atomic mass is 9.78. The monoisotopic (exact) mass is 267 g/mol. The van der Waals surface area contributed by atoms with Crippen molar-refractivity contribution in [2.75, 3.05) is 0 Å². The van der Waals surface area contributed by atoms with Crippen LogP contribution in [0.25, 0.3) is 0 Å². The highest BCUT2D eigenvalue weighted by atomic mass is 19.1. The molecule has 2 rings (SSSR count). The molecule has 2 amide bonds. The number of carbonyl (C=O) groups is 2. The van der Waals surface area contributed by atoms with Crippen LogP contribution in [0.2, 0.25) is 0 Å². The molecule has 0 radical (unpaired) electrons. The molecule has 2 atom stereocenters. The molecule has 0 aromatic heterocycles. The maximum atomic E-state index is 13.8. The zero-order valence-electron chi connectivity index (χ0n) is 10.6. The molecule has 5 heteroatoms. The van der Waals surface area contributed by atoms with Crippen molar-refractivity contribution in [3.05, 3.63) is 35.4 Å². The molecule has 1 saturated heterocycles. The van der Waals surface area contributed by atoms with Crippen LogP contribution in [0.15, 0.2) is 18.2 Å². The van der Waals surface area contributed by atoms with Gasteiger partial charge in [0.15, 0.2) is 0 Å². The van der Waals surface area contributed by atoms with Crippen LogP contribution in [0, 0.1) is 17.6 Å². The number of halogens is 2. The molecule has 1 fully saturated rings. The van der Waals surface area contributed by atoms with Crippen LogP contribution in [0.3, 0.4) is 0 Å². The van der Waals surface area contributed by atoms with Crippen molar-refractivity contribution in [3.63, 3.8) is 0 Å². The Morgan fingerprint density at radius 1 is 1.32 bits per heavy atom. The van der Waals surface area contributed by atoms with Gasteiger partial charge in [-0.05, 0) is 18.1 Å². The third-order valence-corrected chi connectivity index (χ3v) is 3.45. The Bertz CT molecular complexity index is 516. The van der Waals surface area contributed by atoms with Gasteiger partial charge in [-0.1, -0.05) is 19.4 Å². The largest absolute Gasteiger partial charge is 0.296 e. The Morgan fingerprint density at radius 3 is 2.68 bits per heavy atom. The molecular weight excluding hydrogens is 252 g/mol. The molecule has 1 aromatic rings. The predicted molar refractivity (Wildman–Crippen MR) is 65.3 cm³/mol. The molecule has 19 heavy (non-hydrogen) atoms. The lowest BCUT2D eigenvalue weighted by molar-refractivity contribution is -0.137. The predicted octanol–water partition coefficient (Wildman–Crippen LogP) is 2.51. The Balaban J connectivity index is 2.37. The highest BCUT2D eigenvalue weighted by molar-refractivity contribution is 5.99. The molecule has 3 nitrogen and oxygen atoms in total. The van der Waals surface area contributed by atoms with E-state index in [0.29, 0.717) is 6.42 Å². The van der Waals surface area contributed by atoms with Crippen molar-refractivity contribution in [2.24, 2.45) is 5.92 Å². The molecule has 0 bridgehead atoms. The van der Waals surface area contributed by atoms with Crippen LogP contribution in [0.1, 0.15) is 37.7 Å². The first-order valence-corrected chi connectivity index (χ1v) is 6.31. The Morgan fingerprint density at radius 2 is 2.05 bits per heavy atom. The normalized spacial score (nSPS) is 23.3. The molecule has 102 valence electrons. The maximum absolute atomic E-state index is 13.8. The first-order chi connectivity index (χ1) is 9.02. The highest BCUT2D eigenvalue weighted by Gasteiger charge is 2.37. The summed E-state index contributed by atoms with van der Waals surface area (Å²) in [5, 5.41) is 2.27. The highest BCUT2D eigenvalue weighted by Crippen LogP contribution is 2.35. The van der Waals surface area contributed by atoms with Crippen LogP contribution in [-0.2, 0) is 9.59 Å². The number of rotatable bonds is 3. The number of imide groups is 1. The van der Waals surface area contributed by atoms with Crippen LogP contribution in [-0.4, -0.2) is 11.8 Å². The summed E-state index contributed by atoms with van der Waals surface area (Å²) in [4.78, 5) is 23.3. The van der Waals surface area contributed by atoms with E-state index in [2.05, 4.69) is 5.32 Å². The van der Waals surface area contributed by atoms with Gasteiger partial charge in [0.1, 0.15) is 11.6 Å². The van der Waals surface area contributed by atoms with E-state index in [1.807, 2.05) is 6.92 Å². The smallest absolute Gasteiger partial charge is 0.230 e. The molecular formula is C14H15F2NO2. The van der Waals surface area contributed by atoms with Crippen LogP contribution in [0.4, 0.5) is 8.78 Å². The van der Waals surface area contributed by atoms with Gasteiger partial charge in [-0.2, -0.15) is 0 Å². The summed E-state index contributed by atoms with van der Waals surface area (Å²) in [6.07, 6.45) is 1.38. The molecule has 1 aliphatic heterocycles. The number of nitrogens with one attached hydrogen (secondary N) is 1. The average molecular weight is 267 g/mol. The first kappa shape index (κ1) is 13.6. The van der Waals surface area contributed by atoms with Gasteiger partial charge in [0.25, 0.3) is 0 Å². The van der Waals surface area contributed by atoms with E-state index in [4.69, 9.17) is 0 Å². The second-order valence-electron chi connectivity index (χ2n) is 4.78. The SMILES string of the molecule is CCCC1C(=O)NC(=O)CC1c1ccc(F)cc1F. The third kappa shape index (κ3) is 2.80. The lowest BCUT2D eigenvalue weighted by Crippen LogP contribution is -2.45. The lowest BCUT2D eigenvalue weighted by Gasteiger charge is -2.30. The van der Waals surface area contributed by atoms with Crippen LogP contribution >= 0.6 is 0 Å². The van der Waals surface area contributed by atoms with Gasteiger partial charge in [0.05, 0.1) is 0 Å². The Labute approximate surface area is 110 Å². The van der Waals surface area contributed by atoms with E-state index in [0.717, 1.165) is 18.6 Å². The quantitative estimate of drug-likeness (QED) is 0.855. The molecule has 1 N–H and O–H groups in total. The molecule has 1 heterocycles. The second kappa shape index (κ2) is 5.47. The first-order valence-electron chi connectivity index (χ1n) is 6.31. The summed E-state index contributed by atoms with van der Waals surface area (Å²) in [6, 6.07) is 3.26. The van der Waals surface area contributed by atoms with E-state index in [9.17, 15) is 18.4 Å². The minimum absolute atomic E-state index is 0.0545. The molecule has 2 unspecified atom stereocenters. The van der Waals surface area contributed by atoms with E-state index in [1.54, 1.807) is 0 Å². The summed E-state index contributed by atoms with van der Waals surface area (Å²) in [5.74, 6) is -3.10. The van der Waals surface area contributed by atoms with Gasteiger partial charge in [-0.15, -0.1) is 0 Å². The van der Waals surface area contributed by atoms with Gasteiger partial charge in [-0.25, -0.2) is 8.78 Å². The number of benzene rings is 1. The number of piperidine rings is 1. The standard InChI is InChI=1S/C14H15F2NO2/c1-2-3-10-11(7-13(18)17-14(10)19)9-5-4-8(15)6-12(9)16/h4-6,10-11H,2-3,7H2,1H3,(H,17,18,19). The fraction of sp³-hybridized carbons (Fsp3) is 0.429. The van der Waals surface area contributed by atoms with Gasteiger partial charge in [0.2, 0.25) is 11.8 Å². The molecule has 1 aromatic carbocycles. The van der Waals surface area contributed by atoms with Crippen molar-refractivity contribution >= 4 is 11.8 Å². The summed E-state index contributed by atoms with van der Waals surface area (Å²) in [5.41, 5.74) is 0.239. The summed E-state index contributed by atoms with van der Waals surface area (Å²) < 4.78 is 26.7. The minimum atomic E-state index is -0.700. The summed E-state index contributed by atoms with van der Waals surface area (Å²) in [6.45, 7) is 1.92. The maximum Gasteiger partial charge on any atom is 0.230 e. The van der Waals surface area contributed by atoms with Crippen LogP contribution < -0.4 is 5.32 Å². The van der Waals surface area contributed by atoms with E-state index in [-0.39, 0.29) is 17.9 Å². The van der Waals surface area contributed by atoms with Crippen molar-refractivity contribution in [2.45, 2.75) is 32.1 Å². The average Bonchev–Trinajstić information content (AvgIpc) is 2.32. The fourth-order valence-electron chi connectivity index (χ4n) is 2.58. The van der Waals surface area contributed by atoms with Gasteiger partial charge in [-0.3, -0.25) is 14.9 Å². The zero-order valence-corrected chi connectivity index (χ0v) is 10.6. The zero-order chi connectivity index (χ0) is 14.0. The van der Waals surface area contributed by atoms with Crippen molar-refractivity contribution in [1.29, 1.82) is 0 Å². The number of carbonyl (C=O) groups excluding carboxylic acids is 2. The number of hydrogen-bond donors (Lipinski definition) is 1. The minimum Gasteiger partial charge on any atom is -0.296 e. The van der Waals surface area contributed by atoms with Gasteiger partial charge < -0.3 is 0 Å². The Hall–Kier alpha value is -1.78. The summed E-state index contributed by atoms with van der Waals surface area (Å²) in [7, 11) is 0. The number of amides is 2. The van der Waals surface area contributed by atoms with E-state index in [1.165, 1.54) is 6.07 Å². The molecule has 0 aliphatic carbocycles. The number of hydrogen-bond acceptors (Lipinski definition) is 2. The summed E-state index contributed by atoms with van der Waals surface area (Å²) >= 11 is 0. The van der Waals surface area contributed by atoms with Crippen molar-refractivity contribution in [3.8, 4) is 0 Å². The topological polar surface area (TPSA) is 46.2 Å². The van der Waals surface area contributed by atoms with E-state index >= 15 is 0 Å². The van der Waals surface area contributed by atoms with Crippen molar-refractivity contribution in [1.82, 2.24) is 5.32 Å². The fourth-order valence-corrected chi connectivity index (χ4v) is 2.58.